The Bertz CT molecular complexity index is 845. The van der Waals surface area contributed by atoms with E-state index in [0.29, 0.717) is 12.4 Å². The molecule has 0 spiro atoms. The third kappa shape index (κ3) is 4.65. The minimum absolute atomic E-state index is 0.489. The van der Waals surface area contributed by atoms with Gasteiger partial charge in [-0.25, -0.2) is 9.97 Å². The van der Waals surface area contributed by atoms with Crippen molar-refractivity contribution in [1.29, 1.82) is 0 Å². The monoisotopic (exact) mass is 453 g/mol. The fourth-order valence-electron chi connectivity index (χ4n) is 2.60. The van der Waals surface area contributed by atoms with Crippen LogP contribution in [0.5, 0.6) is 0 Å². The van der Waals surface area contributed by atoms with E-state index in [2.05, 4.69) is 52.9 Å². The Morgan fingerprint density at radius 3 is 1.88 bits per heavy atom. The van der Waals surface area contributed by atoms with E-state index in [9.17, 15) is 0 Å². The van der Waals surface area contributed by atoms with Crippen molar-refractivity contribution in [2.75, 3.05) is 11.0 Å². The van der Waals surface area contributed by atoms with Gasteiger partial charge < -0.3 is 5.73 Å². The molecule has 2 aromatic carbocycles. The zero-order chi connectivity index (χ0) is 18.2. The van der Waals surface area contributed by atoms with Crippen molar-refractivity contribution in [3.8, 4) is 22.5 Å². The summed E-state index contributed by atoms with van der Waals surface area (Å²) in [6.45, 7) is 0.489. The van der Waals surface area contributed by atoms with E-state index in [1.54, 1.807) is 0 Å². The third-order valence-corrected chi connectivity index (χ3v) is 4.29. The second kappa shape index (κ2) is 9.40. The summed E-state index contributed by atoms with van der Waals surface area (Å²) in [5.74, 6) is 0.714. The fourth-order valence-corrected chi connectivity index (χ4v) is 3.08. The molecule has 0 unspecified atom stereocenters. The molecule has 0 aliphatic heterocycles. The van der Waals surface area contributed by atoms with Gasteiger partial charge in [0.15, 0.2) is 5.82 Å². The molecule has 130 valence electrons. The summed E-state index contributed by atoms with van der Waals surface area (Å²) in [5.41, 5.74) is 10.6. The lowest BCUT2D eigenvalue weighted by atomic mass is 10.1. The molecule has 1 heterocycles. The zero-order valence-electron chi connectivity index (χ0n) is 14.3. The van der Waals surface area contributed by atoms with Crippen LogP contribution in [-0.2, 0) is 0 Å². The Morgan fingerprint density at radius 2 is 1.42 bits per heavy atom. The highest BCUT2D eigenvalue weighted by Crippen LogP contribution is 2.26. The molecule has 0 atom stereocenters. The van der Waals surface area contributed by atoms with E-state index < -0.39 is 0 Å². The summed E-state index contributed by atoms with van der Waals surface area (Å²) >= 11 is 2.32. The Morgan fingerprint density at radius 1 is 0.885 bits per heavy atom. The lowest BCUT2D eigenvalue weighted by Gasteiger charge is -2.10. The SMILES string of the molecule is NC/C=C\C(=C/CI)c1nc(-c2ccccc2)cc(-c2ccccc2)n1. The normalized spacial score (nSPS) is 11.8. The van der Waals surface area contributed by atoms with Crippen LogP contribution in [0.3, 0.4) is 0 Å². The van der Waals surface area contributed by atoms with Gasteiger partial charge in [-0.3, -0.25) is 0 Å². The molecule has 3 aromatic rings. The van der Waals surface area contributed by atoms with Crippen molar-refractivity contribution < 1.29 is 0 Å². The largest absolute Gasteiger partial charge is 0.327 e. The van der Waals surface area contributed by atoms with E-state index in [1.165, 1.54) is 0 Å². The molecule has 0 saturated heterocycles. The quantitative estimate of drug-likeness (QED) is 0.319. The number of alkyl halides is 1. The van der Waals surface area contributed by atoms with Gasteiger partial charge in [0, 0.05) is 27.7 Å². The van der Waals surface area contributed by atoms with Crippen molar-refractivity contribution in [3.05, 3.63) is 90.8 Å². The summed E-state index contributed by atoms with van der Waals surface area (Å²) in [6, 6.07) is 22.4. The van der Waals surface area contributed by atoms with Crippen LogP contribution in [0.15, 0.2) is 85.0 Å². The molecule has 0 fully saturated rings. The summed E-state index contributed by atoms with van der Waals surface area (Å²) in [4.78, 5) is 9.65. The predicted octanol–water partition coefficient (Wildman–Crippen LogP) is 5.14. The van der Waals surface area contributed by atoms with Crippen molar-refractivity contribution in [2.24, 2.45) is 5.73 Å². The van der Waals surface area contributed by atoms with Gasteiger partial charge in [0.25, 0.3) is 0 Å². The molecular weight excluding hydrogens is 433 g/mol. The summed E-state index contributed by atoms with van der Waals surface area (Å²) in [5, 5.41) is 0. The maximum atomic E-state index is 5.64. The minimum Gasteiger partial charge on any atom is -0.327 e. The highest BCUT2D eigenvalue weighted by molar-refractivity contribution is 14.1. The topological polar surface area (TPSA) is 51.8 Å². The first-order valence-electron chi connectivity index (χ1n) is 8.45. The second-order valence-electron chi connectivity index (χ2n) is 5.65. The van der Waals surface area contributed by atoms with Crippen LogP contribution >= 0.6 is 22.6 Å². The number of aromatic nitrogens is 2. The molecule has 1 aromatic heterocycles. The van der Waals surface area contributed by atoms with Gasteiger partial charge in [0.05, 0.1) is 11.4 Å². The summed E-state index contributed by atoms with van der Waals surface area (Å²) < 4.78 is 0.877. The molecule has 0 saturated carbocycles. The number of halogens is 1. The lowest BCUT2D eigenvalue weighted by Crippen LogP contribution is -1.99. The zero-order valence-corrected chi connectivity index (χ0v) is 16.5. The number of hydrogen-bond acceptors (Lipinski definition) is 3. The highest BCUT2D eigenvalue weighted by atomic mass is 127. The van der Waals surface area contributed by atoms with Crippen LogP contribution in [0, 0.1) is 0 Å². The average Bonchev–Trinajstić information content (AvgIpc) is 2.72. The average molecular weight is 453 g/mol. The van der Waals surface area contributed by atoms with Crippen LogP contribution in [0.1, 0.15) is 5.82 Å². The lowest BCUT2D eigenvalue weighted by molar-refractivity contribution is 1.13. The predicted molar refractivity (Wildman–Crippen MR) is 118 cm³/mol. The van der Waals surface area contributed by atoms with Crippen molar-refractivity contribution in [3.63, 3.8) is 0 Å². The van der Waals surface area contributed by atoms with E-state index in [4.69, 9.17) is 15.7 Å². The summed E-state index contributed by atoms with van der Waals surface area (Å²) in [7, 11) is 0. The Hall–Kier alpha value is -2.31. The van der Waals surface area contributed by atoms with Gasteiger partial charge in [0.2, 0.25) is 0 Å². The van der Waals surface area contributed by atoms with E-state index in [0.717, 1.165) is 32.5 Å². The van der Waals surface area contributed by atoms with Crippen LogP contribution in [0.2, 0.25) is 0 Å². The molecule has 0 aliphatic rings. The van der Waals surface area contributed by atoms with Crippen LogP contribution in [0.4, 0.5) is 0 Å². The van der Waals surface area contributed by atoms with Gasteiger partial charge in [-0.05, 0) is 6.07 Å². The highest BCUT2D eigenvalue weighted by Gasteiger charge is 2.10. The molecule has 0 aliphatic carbocycles. The third-order valence-electron chi connectivity index (χ3n) is 3.85. The minimum atomic E-state index is 0.489. The molecule has 2 N–H and O–H groups in total. The number of benzene rings is 2. The molecule has 0 amide bonds. The molecule has 0 bridgehead atoms. The first-order chi connectivity index (χ1) is 12.8. The number of nitrogens with zero attached hydrogens (tertiary/aromatic N) is 2. The Balaban J connectivity index is 2.17. The fraction of sp³-hybridized carbons (Fsp3) is 0.0909. The number of rotatable bonds is 6. The Kier molecular flexibility index (Phi) is 6.68. The molecule has 0 radical (unpaired) electrons. The van der Waals surface area contributed by atoms with Crippen LogP contribution < -0.4 is 5.73 Å². The van der Waals surface area contributed by atoms with Gasteiger partial charge >= 0.3 is 0 Å². The standard InChI is InChI=1S/C22H20IN3/c23-14-13-19(12-7-15-24)22-25-20(17-8-3-1-4-9-17)16-21(26-22)18-10-5-2-6-11-18/h1-13,16H,14-15,24H2/b12-7-,19-13+. The first kappa shape index (κ1) is 18.5. The van der Waals surface area contributed by atoms with E-state index in [1.807, 2.05) is 54.6 Å². The van der Waals surface area contributed by atoms with E-state index in [-0.39, 0.29) is 0 Å². The Labute approximate surface area is 167 Å². The summed E-state index contributed by atoms with van der Waals surface area (Å²) in [6.07, 6.45) is 6.04. The van der Waals surface area contributed by atoms with Crippen molar-refractivity contribution >= 4 is 28.2 Å². The second-order valence-corrected chi connectivity index (χ2v) is 6.53. The smallest absolute Gasteiger partial charge is 0.160 e. The molecule has 3 nitrogen and oxygen atoms in total. The van der Waals surface area contributed by atoms with Crippen LogP contribution in [-0.4, -0.2) is 20.9 Å². The molecule has 26 heavy (non-hydrogen) atoms. The van der Waals surface area contributed by atoms with Crippen molar-refractivity contribution in [1.82, 2.24) is 9.97 Å². The molecule has 3 rings (SSSR count). The van der Waals surface area contributed by atoms with Crippen LogP contribution in [0.25, 0.3) is 28.1 Å². The first-order valence-corrected chi connectivity index (χ1v) is 9.97. The number of allylic oxidation sites excluding steroid dienone is 3. The number of hydrogen-bond donors (Lipinski definition) is 1. The maximum absolute atomic E-state index is 5.64. The van der Waals surface area contributed by atoms with Gasteiger partial charge in [-0.1, -0.05) is 101 Å². The number of nitrogens with two attached hydrogens (primary N) is 1. The van der Waals surface area contributed by atoms with Gasteiger partial charge in [-0.2, -0.15) is 0 Å². The van der Waals surface area contributed by atoms with Gasteiger partial charge in [0.1, 0.15) is 0 Å². The van der Waals surface area contributed by atoms with Gasteiger partial charge in [-0.15, -0.1) is 0 Å². The van der Waals surface area contributed by atoms with Crippen molar-refractivity contribution in [2.45, 2.75) is 0 Å². The van der Waals surface area contributed by atoms with E-state index >= 15 is 0 Å². The molecule has 4 heteroatoms. The maximum Gasteiger partial charge on any atom is 0.160 e. The molecular formula is C22H20IN3.